The van der Waals surface area contributed by atoms with Crippen LogP contribution in [0, 0.1) is 0 Å². The van der Waals surface area contributed by atoms with Crippen LogP contribution in [0.3, 0.4) is 0 Å². The second-order valence-corrected chi connectivity index (χ2v) is 5.39. The largest absolute Gasteiger partial charge is 0.507 e. The van der Waals surface area contributed by atoms with Gasteiger partial charge in [0, 0.05) is 19.5 Å². The second-order valence-electron chi connectivity index (χ2n) is 5.39. The first-order chi connectivity index (χ1) is 10.1. The molecule has 0 unspecified atom stereocenters. The smallest absolute Gasteiger partial charge is 0.222 e. The first-order valence-electron chi connectivity index (χ1n) is 8.18. The van der Waals surface area contributed by atoms with Gasteiger partial charge in [0.25, 0.3) is 0 Å². The fraction of sp³-hybridized carbons (Fsp3) is 0.611. The van der Waals surface area contributed by atoms with Gasteiger partial charge in [0.1, 0.15) is 5.75 Å². The summed E-state index contributed by atoms with van der Waals surface area (Å²) >= 11 is 0. The number of carbonyl (C=O) groups excluding carboxylic acids is 1. The van der Waals surface area contributed by atoms with E-state index in [4.69, 9.17) is 0 Å². The average Bonchev–Trinajstić information content (AvgIpc) is 2.49. The first kappa shape index (κ1) is 17.5. The van der Waals surface area contributed by atoms with Gasteiger partial charge >= 0.3 is 0 Å². The Bertz CT molecular complexity index is 439. The van der Waals surface area contributed by atoms with Crippen molar-refractivity contribution in [2.24, 2.45) is 0 Å². The number of aryl methyl sites for hydroxylation is 3. The van der Waals surface area contributed by atoms with E-state index in [0.717, 1.165) is 49.9 Å². The summed E-state index contributed by atoms with van der Waals surface area (Å²) in [5.74, 6) is 0.688. The molecule has 0 aliphatic heterocycles. The highest BCUT2D eigenvalue weighted by Gasteiger charge is 2.11. The first-order valence-corrected chi connectivity index (χ1v) is 8.18. The van der Waals surface area contributed by atoms with Gasteiger partial charge in [-0.25, -0.2) is 0 Å². The predicted octanol–water partition coefficient (Wildman–Crippen LogP) is 3.71. The average molecular weight is 291 g/mol. The van der Waals surface area contributed by atoms with E-state index in [0.29, 0.717) is 12.2 Å². The van der Waals surface area contributed by atoms with E-state index in [9.17, 15) is 9.90 Å². The number of phenols is 1. The number of carbonyl (C=O) groups is 1. The van der Waals surface area contributed by atoms with Gasteiger partial charge in [-0.15, -0.1) is 0 Å². The summed E-state index contributed by atoms with van der Waals surface area (Å²) in [5, 5.41) is 10.1. The fourth-order valence-electron chi connectivity index (χ4n) is 2.69. The number of phenolic OH excluding ortho intramolecular Hbond substituents is 1. The molecule has 0 fully saturated rings. The summed E-state index contributed by atoms with van der Waals surface area (Å²) in [5.41, 5.74) is 3.26. The standard InChI is InChI=1S/C18H29NO2/c1-5-15-12-14(13-16(6-2)18(15)21)10-9-11-17(20)19(7-3)8-4/h12-13,21H,5-11H2,1-4H3. The monoisotopic (exact) mass is 291 g/mol. The maximum Gasteiger partial charge on any atom is 0.222 e. The van der Waals surface area contributed by atoms with E-state index in [1.54, 1.807) is 0 Å². The number of nitrogens with zero attached hydrogens (tertiary/aromatic N) is 1. The minimum Gasteiger partial charge on any atom is -0.507 e. The zero-order valence-electron chi connectivity index (χ0n) is 13.9. The Morgan fingerprint density at radius 1 is 1.05 bits per heavy atom. The van der Waals surface area contributed by atoms with Crippen LogP contribution in [0.25, 0.3) is 0 Å². The number of amides is 1. The lowest BCUT2D eigenvalue weighted by atomic mass is 9.97. The van der Waals surface area contributed by atoms with E-state index in [1.807, 2.05) is 18.7 Å². The summed E-state index contributed by atoms with van der Waals surface area (Å²) in [6.07, 6.45) is 4.04. The van der Waals surface area contributed by atoms with Crippen LogP contribution < -0.4 is 0 Å². The highest BCUT2D eigenvalue weighted by Crippen LogP contribution is 2.26. The van der Waals surface area contributed by atoms with E-state index in [2.05, 4.69) is 26.0 Å². The highest BCUT2D eigenvalue weighted by atomic mass is 16.3. The van der Waals surface area contributed by atoms with Crippen LogP contribution in [0.1, 0.15) is 57.2 Å². The highest BCUT2D eigenvalue weighted by molar-refractivity contribution is 5.76. The Kier molecular flexibility index (Phi) is 7.27. The van der Waals surface area contributed by atoms with Gasteiger partial charge in [0.05, 0.1) is 0 Å². The Balaban J connectivity index is 2.65. The van der Waals surface area contributed by atoms with Crippen LogP contribution in [0.4, 0.5) is 0 Å². The number of rotatable bonds is 8. The quantitative estimate of drug-likeness (QED) is 0.793. The molecule has 3 heteroatoms. The van der Waals surface area contributed by atoms with Crippen molar-refractivity contribution < 1.29 is 9.90 Å². The minimum absolute atomic E-state index is 0.241. The lowest BCUT2D eigenvalue weighted by molar-refractivity contribution is -0.130. The zero-order chi connectivity index (χ0) is 15.8. The normalized spacial score (nSPS) is 10.7. The lowest BCUT2D eigenvalue weighted by Crippen LogP contribution is -2.30. The van der Waals surface area contributed by atoms with Crippen LogP contribution in [0.15, 0.2) is 12.1 Å². The molecule has 0 bridgehead atoms. The molecule has 1 aromatic carbocycles. The van der Waals surface area contributed by atoms with Crippen molar-refractivity contribution in [2.45, 2.75) is 59.8 Å². The predicted molar refractivity (Wildman–Crippen MR) is 87.7 cm³/mol. The van der Waals surface area contributed by atoms with Gasteiger partial charge in [-0.2, -0.15) is 0 Å². The van der Waals surface area contributed by atoms with Gasteiger partial charge < -0.3 is 10.0 Å². The summed E-state index contributed by atoms with van der Waals surface area (Å²) in [6, 6.07) is 4.16. The van der Waals surface area contributed by atoms with Gasteiger partial charge in [0.15, 0.2) is 0 Å². The Hall–Kier alpha value is -1.51. The van der Waals surface area contributed by atoms with Crippen molar-refractivity contribution in [2.75, 3.05) is 13.1 Å². The molecule has 0 heterocycles. The van der Waals surface area contributed by atoms with Gasteiger partial charge in [-0.1, -0.05) is 26.0 Å². The zero-order valence-corrected chi connectivity index (χ0v) is 13.9. The van der Waals surface area contributed by atoms with E-state index >= 15 is 0 Å². The van der Waals surface area contributed by atoms with Crippen LogP contribution >= 0.6 is 0 Å². The third-order valence-corrected chi connectivity index (χ3v) is 4.06. The molecule has 1 rings (SSSR count). The fourth-order valence-corrected chi connectivity index (χ4v) is 2.69. The number of hydrogen-bond donors (Lipinski definition) is 1. The molecule has 0 spiro atoms. The van der Waals surface area contributed by atoms with Crippen molar-refractivity contribution in [1.29, 1.82) is 0 Å². The van der Waals surface area contributed by atoms with Crippen molar-refractivity contribution in [3.05, 3.63) is 28.8 Å². The van der Waals surface area contributed by atoms with Crippen molar-refractivity contribution in [3.63, 3.8) is 0 Å². The molecule has 118 valence electrons. The lowest BCUT2D eigenvalue weighted by Gasteiger charge is -2.18. The summed E-state index contributed by atoms with van der Waals surface area (Å²) in [6.45, 7) is 9.72. The van der Waals surface area contributed by atoms with E-state index in [1.165, 1.54) is 5.56 Å². The molecule has 0 aliphatic carbocycles. The third kappa shape index (κ3) is 4.76. The maximum atomic E-state index is 12.0. The second kappa shape index (κ2) is 8.71. The third-order valence-electron chi connectivity index (χ3n) is 4.06. The molecular formula is C18H29NO2. The molecule has 0 aromatic heterocycles. The van der Waals surface area contributed by atoms with E-state index in [-0.39, 0.29) is 5.91 Å². The van der Waals surface area contributed by atoms with E-state index < -0.39 is 0 Å². The van der Waals surface area contributed by atoms with Crippen molar-refractivity contribution in [3.8, 4) is 5.75 Å². The molecular weight excluding hydrogens is 262 g/mol. The summed E-state index contributed by atoms with van der Waals surface area (Å²) in [7, 11) is 0. The summed E-state index contributed by atoms with van der Waals surface area (Å²) < 4.78 is 0. The molecule has 0 saturated carbocycles. The van der Waals surface area contributed by atoms with Crippen LogP contribution in [0.2, 0.25) is 0 Å². The molecule has 1 N–H and O–H groups in total. The molecule has 0 saturated heterocycles. The van der Waals surface area contributed by atoms with Gasteiger partial charge in [-0.05, 0) is 56.2 Å². The van der Waals surface area contributed by atoms with Crippen molar-refractivity contribution in [1.82, 2.24) is 4.90 Å². The maximum absolute atomic E-state index is 12.0. The van der Waals surface area contributed by atoms with Crippen molar-refractivity contribution >= 4 is 5.91 Å². The molecule has 0 radical (unpaired) electrons. The molecule has 0 aliphatic rings. The molecule has 21 heavy (non-hydrogen) atoms. The topological polar surface area (TPSA) is 40.5 Å². The minimum atomic E-state index is 0.241. The van der Waals surface area contributed by atoms with Crippen LogP contribution in [-0.2, 0) is 24.1 Å². The molecule has 3 nitrogen and oxygen atoms in total. The molecule has 1 amide bonds. The Morgan fingerprint density at radius 3 is 2.00 bits per heavy atom. The molecule has 1 aromatic rings. The Labute approximate surface area is 129 Å². The molecule has 0 atom stereocenters. The Morgan fingerprint density at radius 2 is 1.57 bits per heavy atom. The van der Waals surface area contributed by atoms with Gasteiger partial charge in [-0.3, -0.25) is 4.79 Å². The number of hydrogen-bond acceptors (Lipinski definition) is 2. The summed E-state index contributed by atoms with van der Waals surface area (Å²) in [4.78, 5) is 13.9. The van der Waals surface area contributed by atoms with Gasteiger partial charge in [0.2, 0.25) is 5.91 Å². The number of benzene rings is 1. The number of aromatic hydroxyl groups is 1. The van der Waals surface area contributed by atoms with Crippen LogP contribution in [-0.4, -0.2) is 29.0 Å². The SMILES string of the molecule is CCc1cc(CCCC(=O)N(CC)CC)cc(CC)c1O. The van der Waals surface area contributed by atoms with Crippen LogP contribution in [0.5, 0.6) is 5.75 Å².